The number of aliphatic hydroxyl groups is 1. The van der Waals surface area contributed by atoms with Gasteiger partial charge >= 0.3 is 6.09 Å². The van der Waals surface area contributed by atoms with Crippen molar-refractivity contribution in [2.45, 2.75) is 123 Å². The van der Waals surface area contributed by atoms with Crippen LogP contribution in [0.3, 0.4) is 0 Å². The lowest BCUT2D eigenvalue weighted by Crippen LogP contribution is -2.54. The van der Waals surface area contributed by atoms with Crippen molar-refractivity contribution < 1.29 is 76.4 Å². The summed E-state index contributed by atoms with van der Waals surface area (Å²) in [6, 6.07) is 13.2. The van der Waals surface area contributed by atoms with Crippen LogP contribution in [0.15, 0.2) is 70.8 Å². The Morgan fingerprint density at radius 1 is 0.755 bits per heavy atom. The molecule has 6 rings (SSSR count). The first kappa shape index (κ1) is 75.9. The molecule has 0 radical (unpaired) electrons. The number of nitrogens with one attached hydrogen (secondary N) is 4. The minimum Gasteiger partial charge on any atom is -0.490 e. The first-order valence-electron chi connectivity index (χ1n) is 32.8. The van der Waals surface area contributed by atoms with E-state index >= 15 is 0 Å². The fourth-order valence-corrected chi connectivity index (χ4v) is 10.6. The van der Waals surface area contributed by atoms with E-state index in [1.54, 1.807) is 28.8 Å². The predicted octanol–water partition coefficient (Wildman–Crippen LogP) is 6.42. The van der Waals surface area contributed by atoms with Gasteiger partial charge in [0.05, 0.1) is 148 Å². The molecule has 0 spiro atoms. The van der Waals surface area contributed by atoms with Crippen LogP contribution in [0.4, 0.5) is 10.5 Å². The van der Waals surface area contributed by atoms with Crippen molar-refractivity contribution in [3.05, 3.63) is 115 Å². The number of azide groups is 1. The van der Waals surface area contributed by atoms with Crippen LogP contribution >= 0.6 is 0 Å². The van der Waals surface area contributed by atoms with E-state index in [0.29, 0.717) is 186 Å². The Labute approximate surface area is 550 Å². The molecule has 0 fully saturated rings. The molecular weight excluding hydrogens is 1220 g/mol. The molecular formula is C67H98N10O17. The fourth-order valence-electron chi connectivity index (χ4n) is 10.6. The lowest BCUT2D eigenvalue weighted by atomic mass is 9.84. The zero-order chi connectivity index (χ0) is 67.3. The average molecular weight is 1320 g/mol. The van der Waals surface area contributed by atoms with E-state index in [2.05, 4.69) is 56.9 Å². The summed E-state index contributed by atoms with van der Waals surface area (Å²) >= 11 is 0. The standard InChI is InChI=1S/C67H98N10O17/c1-6-52-53-42-49(16-19-57(53)73-62-54(52)44-77-59(62)43-56-55(65(77)81)46-93-48(5)67(56,83)7-2)12-9-11-22-70-66(82)94-45-50-14-17-51(18-15-50)72-63(79)58(13-8-10-21-68)74-64(80)61(47(3)4)75-60(78)20-24-84-26-28-86-30-32-88-34-36-90-38-40-92-41-39-91-37-35-89-33-31-87-29-27-85-25-23-71-76-69/h14-19,42-43,47,58,61,83H,5-13,20-41,44-46,68H2,1-4H3,(H,70,82)(H,72,79)(H,74,80)(H,75,78)/t58-,61-,67+/m0/s1. The average Bonchev–Trinajstić information content (AvgIpc) is 1.51. The summed E-state index contributed by atoms with van der Waals surface area (Å²) in [5, 5.41) is 27.3. The molecule has 2 aliphatic heterocycles. The molecule has 518 valence electrons. The van der Waals surface area contributed by atoms with Crippen molar-refractivity contribution in [2.75, 3.05) is 144 Å². The van der Waals surface area contributed by atoms with Crippen LogP contribution < -0.4 is 32.6 Å². The van der Waals surface area contributed by atoms with Gasteiger partial charge in [0, 0.05) is 46.6 Å². The van der Waals surface area contributed by atoms with Crippen LogP contribution in [-0.4, -0.2) is 189 Å². The number of carbonyl (C=O) groups is 4. The van der Waals surface area contributed by atoms with Gasteiger partial charge in [0.15, 0.2) is 0 Å². The van der Waals surface area contributed by atoms with Crippen LogP contribution in [-0.2, 0) is 105 Å². The van der Waals surface area contributed by atoms with E-state index in [1.165, 1.54) is 0 Å². The number of carbonyl (C=O) groups excluding carboxylic acids is 4. The number of benzene rings is 2. The Balaban J connectivity index is 0.786. The number of hydrogen-bond donors (Lipinski definition) is 6. The van der Waals surface area contributed by atoms with Crippen molar-refractivity contribution in [1.82, 2.24) is 25.5 Å². The first-order chi connectivity index (χ1) is 45.7. The molecule has 27 heteroatoms. The number of unbranched alkanes of at least 4 members (excludes halogenated alkanes) is 2. The molecule has 27 nitrogen and oxygen atoms in total. The van der Waals surface area contributed by atoms with Gasteiger partial charge in [-0.05, 0) is 116 Å². The molecule has 7 N–H and O–H groups in total. The van der Waals surface area contributed by atoms with Crippen molar-refractivity contribution in [1.29, 1.82) is 0 Å². The van der Waals surface area contributed by atoms with E-state index in [0.717, 1.165) is 59.0 Å². The second-order valence-electron chi connectivity index (χ2n) is 22.9. The topological polar surface area (TPSA) is 348 Å². The number of pyridine rings is 2. The van der Waals surface area contributed by atoms with Crippen molar-refractivity contribution in [3.63, 3.8) is 0 Å². The van der Waals surface area contributed by atoms with Gasteiger partial charge in [-0.25, -0.2) is 9.78 Å². The van der Waals surface area contributed by atoms with E-state index in [4.69, 9.17) is 68.4 Å². The second-order valence-corrected chi connectivity index (χ2v) is 22.9. The maximum Gasteiger partial charge on any atom is 0.407 e. The molecule has 0 aliphatic carbocycles. The van der Waals surface area contributed by atoms with Gasteiger partial charge in [0.1, 0.15) is 36.7 Å². The number of alkyl carbamates (subject to hydrolysis) is 1. The minimum atomic E-state index is -1.45. The van der Waals surface area contributed by atoms with Gasteiger partial charge in [0.2, 0.25) is 17.7 Å². The number of anilines is 1. The Bertz CT molecular complexity index is 3130. The number of nitrogens with zero attached hydrogens (tertiary/aromatic N) is 5. The van der Waals surface area contributed by atoms with E-state index < -0.39 is 35.6 Å². The molecule has 0 unspecified atom stereocenters. The summed E-state index contributed by atoms with van der Waals surface area (Å²) in [5.74, 6) is -1.34. The zero-order valence-electron chi connectivity index (χ0n) is 55.2. The molecule has 2 aromatic heterocycles. The second kappa shape index (κ2) is 42.4. The van der Waals surface area contributed by atoms with Crippen LogP contribution in [0.2, 0.25) is 0 Å². The largest absolute Gasteiger partial charge is 0.490 e. The molecule has 4 aromatic rings. The highest BCUT2D eigenvalue weighted by atomic mass is 16.6. The van der Waals surface area contributed by atoms with E-state index in [9.17, 15) is 29.1 Å². The number of aryl methyl sites for hydroxylation is 2. The number of nitrogens with two attached hydrogens (primary N) is 1. The lowest BCUT2D eigenvalue weighted by Gasteiger charge is -2.35. The smallest absolute Gasteiger partial charge is 0.407 e. The number of rotatable bonds is 49. The normalized spacial score (nSPS) is 14.6. The Hall–Kier alpha value is -7.11. The van der Waals surface area contributed by atoms with Gasteiger partial charge in [-0.2, -0.15) is 0 Å². The zero-order valence-corrected chi connectivity index (χ0v) is 55.2. The molecule has 94 heavy (non-hydrogen) atoms. The molecule has 2 aromatic carbocycles. The summed E-state index contributed by atoms with van der Waals surface area (Å²) in [6.45, 7) is 20.2. The third kappa shape index (κ3) is 24.6. The number of amides is 4. The minimum absolute atomic E-state index is 0.00998. The monoisotopic (exact) mass is 1310 g/mol. The highest BCUT2D eigenvalue weighted by Crippen LogP contribution is 2.43. The predicted molar refractivity (Wildman–Crippen MR) is 352 cm³/mol. The van der Waals surface area contributed by atoms with Crippen molar-refractivity contribution in [2.24, 2.45) is 16.8 Å². The third-order valence-electron chi connectivity index (χ3n) is 15.8. The molecule has 4 amide bonds. The van der Waals surface area contributed by atoms with E-state index in [-0.39, 0.29) is 56.0 Å². The highest BCUT2D eigenvalue weighted by molar-refractivity contribution is 5.98. The first-order valence-corrected chi connectivity index (χ1v) is 32.8. The highest BCUT2D eigenvalue weighted by Gasteiger charge is 2.42. The van der Waals surface area contributed by atoms with Crippen LogP contribution in [0.5, 0.6) is 0 Å². The number of aromatic nitrogens is 2. The Morgan fingerprint density at radius 2 is 1.34 bits per heavy atom. The molecule has 2 aliphatic rings. The van der Waals surface area contributed by atoms with Gasteiger partial charge in [-0.15, -0.1) is 0 Å². The van der Waals surface area contributed by atoms with Gasteiger partial charge < -0.3 is 88.8 Å². The lowest BCUT2D eigenvalue weighted by molar-refractivity contribution is -0.132. The molecule has 0 bridgehead atoms. The van der Waals surface area contributed by atoms with Crippen LogP contribution in [0.25, 0.3) is 32.7 Å². The number of ether oxygens (including phenoxy) is 11. The maximum absolute atomic E-state index is 13.8. The van der Waals surface area contributed by atoms with Crippen molar-refractivity contribution in [3.8, 4) is 11.4 Å². The summed E-state index contributed by atoms with van der Waals surface area (Å²) in [7, 11) is 0. The summed E-state index contributed by atoms with van der Waals surface area (Å²) < 4.78 is 62.2. The maximum atomic E-state index is 13.8. The molecule has 0 saturated carbocycles. The van der Waals surface area contributed by atoms with Gasteiger partial charge in [-0.1, -0.05) is 57.6 Å². The molecule has 4 heterocycles. The van der Waals surface area contributed by atoms with Crippen LogP contribution in [0.1, 0.15) is 106 Å². The third-order valence-corrected chi connectivity index (χ3v) is 15.8. The fraction of sp³-hybridized carbons (Fsp3) is 0.612. The quantitative estimate of drug-likeness (QED) is 0.0106. The van der Waals surface area contributed by atoms with Crippen LogP contribution in [0, 0.1) is 5.92 Å². The summed E-state index contributed by atoms with van der Waals surface area (Å²) in [4.78, 5) is 74.5. The summed E-state index contributed by atoms with van der Waals surface area (Å²) in [6.07, 6.45) is 4.42. The SMILES string of the molecule is C=C1OCc2c(cc3n(c2=O)Cc2c-3nc3ccc(CCCCNC(=O)OCc4ccc(NC(=O)[C@H](CCCCN)NC(=O)[C@@H](NC(=O)CCOCCOCCOCCOCCOCCOCCOCCOCCOCCN=[N+]=[N-])C(C)C)cc4)cc3c2CC)[C@@]1(O)CC. The number of hydrogen-bond acceptors (Lipinski definition) is 20. The van der Waals surface area contributed by atoms with Gasteiger partial charge in [-0.3, -0.25) is 19.2 Å². The Kier molecular flexibility index (Phi) is 34.2. The molecule has 3 atom stereocenters. The number of fused-ring (bicyclic) bond motifs is 5. The Morgan fingerprint density at radius 3 is 1.90 bits per heavy atom. The summed E-state index contributed by atoms with van der Waals surface area (Å²) in [5.41, 5.74) is 20.1. The molecule has 0 saturated heterocycles. The van der Waals surface area contributed by atoms with Gasteiger partial charge in [0.25, 0.3) is 5.56 Å². The van der Waals surface area contributed by atoms with E-state index in [1.807, 2.05) is 32.9 Å². The van der Waals surface area contributed by atoms with Crippen molar-refractivity contribution >= 4 is 40.4 Å².